The minimum Gasteiger partial charge on any atom is -0.382 e. The summed E-state index contributed by atoms with van der Waals surface area (Å²) in [6, 6.07) is 13.3. The van der Waals surface area contributed by atoms with Gasteiger partial charge in [0, 0.05) is 17.5 Å². The average Bonchev–Trinajstić information content (AvgIpc) is 2.97. The number of nitrogens with zero attached hydrogens (tertiary/aromatic N) is 4. The summed E-state index contributed by atoms with van der Waals surface area (Å²) in [7, 11) is 0. The zero-order valence-electron chi connectivity index (χ0n) is 11.0. The van der Waals surface area contributed by atoms with Crippen molar-refractivity contribution in [2.45, 2.75) is 13.0 Å². The number of aromatic nitrogens is 4. The number of benzene rings is 1. The summed E-state index contributed by atoms with van der Waals surface area (Å²) in [6.07, 6.45) is 2.43. The van der Waals surface area contributed by atoms with Gasteiger partial charge in [0.15, 0.2) is 0 Å². The van der Waals surface area contributed by atoms with Crippen LogP contribution in [0.5, 0.6) is 0 Å². The minimum atomic E-state index is -0.807. The highest BCUT2D eigenvalue weighted by Crippen LogP contribution is 2.22. The van der Waals surface area contributed by atoms with Gasteiger partial charge in [0.1, 0.15) is 6.10 Å². The highest BCUT2D eigenvalue weighted by atomic mass is 16.3. The van der Waals surface area contributed by atoms with E-state index in [9.17, 15) is 5.11 Å². The number of para-hydroxylation sites is 1. The molecule has 3 rings (SSSR count). The molecule has 1 unspecified atom stereocenters. The number of hydrogen-bond donors (Lipinski definition) is 1. The average molecular weight is 266 g/mol. The zero-order valence-corrected chi connectivity index (χ0v) is 11.0. The summed E-state index contributed by atoms with van der Waals surface area (Å²) in [6.45, 7) is 1.91. The van der Waals surface area contributed by atoms with E-state index in [2.05, 4.69) is 15.3 Å². The molecule has 0 saturated heterocycles. The number of aliphatic hydroxyl groups is 1. The van der Waals surface area contributed by atoms with Crippen molar-refractivity contribution in [1.29, 1.82) is 0 Å². The standard InChI is InChI=1S/C15H14N4O/c1-11-7-8-12(9-16-11)15(20)14-10-17-18-19(14)13-5-3-2-4-6-13/h2-10,15,20H,1H3. The van der Waals surface area contributed by atoms with Crippen LogP contribution in [-0.2, 0) is 0 Å². The fourth-order valence-electron chi connectivity index (χ4n) is 2.01. The molecule has 0 aliphatic carbocycles. The van der Waals surface area contributed by atoms with E-state index in [1.807, 2.05) is 49.4 Å². The van der Waals surface area contributed by atoms with Gasteiger partial charge in [-0.15, -0.1) is 5.10 Å². The molecule has 2 heterocycles. The van der Waals surface area contributed by atoms with Crippen molar-refractivity contribution in [1.82, 2.24) is 20.0 Å². The maximum atomic E-state index is 10.5. The third-order valence-electron chi connectivity index (χ3n) is 3.11. The Hall–Kier alpha value is -2.53. The first kappa shape index (κ1) is 12.5. The highest BCUT2D eigenvalue weighted by Gasteiger charge is 2.17. The molecule has 0 fully saturated rings. The lowest BCUT2D eigenvalue weighted by Crippen LogP contribution is -2.09. The molecule has 0 radical (unpaired) electrons. The Balaban J connectivity index is 1.99. The van der Waals surface area contributed by atoms with Gasteiger partial charge in [-0.05, 0) is 25.1 Å². The van der Waals surface area contributed by atoms with Crippen LogP contribution in [0.25, 0.3) is 5.69 Å². The summed E-state index contributed by atoms with van der Waals surface area (Å²) in [5, 5.41) is 18.4. The van der Waals surface area contributed by atoms with Crippen molar-refractivity contribution in [3.63, 3.8) is 0 Å². The first-order valence-corrected chi connectivity index (χ1v) is 6.32. The Morgan fingerprint density at radius 3 is 2.55 bits per heavy atom. The number of aryl methyl sites for hydroxylation is 1. The fraction of sp³-hybridized carbons (Fsp3) is 0.133. The van der Waals surface area contributed by atoms with Crippen molar-refractivity contribution in [2.24, 2.45) is 0 Å². The van der Waals surface area contributed by atoms with Gasteiger partial charge >= 0.3 is 0 Å². The van der Waals surface area contributed by atoms with Crippen molar-refractivity contribution < 1.29 is 5.11 Å². The molecular formula is C15H14N4O. The molecule has 0 bridgehead atoms. The predicted octanol–water partition coefficient (Wildman–Crippen LogP) is 2.05. The third-order valence-corrected chi connectivity index (χ3v) is 3.11. The molecule has 0 amide bonds. The Kier molecular flexibility index (Phi) is 3.26. The highest BCUT2D eigenvalue weighted by molar-refractivity contribution is 5.34. The molecule has 1 aromatic carbocycles. The summed E-state index contributed by atoms with van der Waals surface area (Å²) in [4.78, 5) is 4.20. The van der Waals surface area contributed by atoms with Crippen LogP contribution in [-0.4, -0.2) is 25.1 Å². The topological polar surface area (TPSA) is 63.8 Å². The summed E-state index contributed by atoms with van der Waals surface area (Å²) < 4.78 is 1.63. The zero-order chi connectivity index (χ0) is 13.9. The monoisotopic (exact) mass is 266 g/mol. The van der Waals surface area contributed by atoms with Gasteiger partial charge in [-0.1, -0.05) is 29.5 Å². The lowest BCUT2D eigenvalue weighted by Gasteiger charge is -2.12. The molecule has 5 nitrogen and oxygen atoms in total. The molecule has 2 aromatic heterocycles. The summed E-state index contributed by atoms with van der Waals surface area (Å²) in [5.41, 5.74) is 3.10. The predicted molar refractivity (Wildman–Crippen MR) is 74.4 cm³/mol. The van der Waals surface area contributed by atoms with Crippen LogP contribution in [0.2, 0.25) is 0 Å². The van der Waals surface area contributed by atoms with Gasteiger partial charge < -0.3 is 5.11 Å². The van der Waals surface area contributed by atoms with E-state index in [-0.39, 0.29) is 0 Å². The molecule has 5 heteroatoms. The first-order valence-electron chi connectivity index (χ1n) is 6.32. The third kappa shape index (κ3) is 2.31. The van der Waals surface area contributed by atoms with Gasteiger partial charge in [0.2, 0.25) is 0 Å². The molecule has 1 N–H and O–H groups in total. The van der Waals surface area contributed by atoms with Crippen LogP contribution in [0.15, 0.2) is 54.9 Å². The molecule has 100 valence electrons. The molecule has 1 atom stereocenters. The molecule has 0 saturated carbocycles. The maximum absolute atomic E-state index is 10.5. The van der Waals surface area contributed by atoms with Crippen molar-refractivity contribution in [2.75, 3.05) is 0 Å². The minimum absolute atomic E-state index is 0.613. The smallest absolute Gasteiger partial charge is 0.124 e. The van der Waals surface area contributed by atoms with Gasteiger partial charge in [-0.2, -0.15) is 0 Å². The van der Waals surface area contributed by atoms with E-state index in [0.29, 0.717) is 5.69 Å². The number of rotatable bonds is 3. The summed E-state index contributed by atoms with van der Waals surface area (Å²) >= 11 is 0. The Labute approximate surface area is 116 Å². The second-order valence-corrected chi connectivity index (χ2v) is 4.54. The van der Waals surface area contributed by atoms with E-state index in [0.717, 1.165) is 16.9 Å². The van der Waals surface area contributed by atoms with Crippen molar-refractivity contribution in [3.8, 4) is 5.69 Å². The lowest BCUT2D eigenvalue weighted by molar-refractivity contribution is 0.211. The van der Waals surface area contributed by atoms with Crippen LogP contribution < -0.4 is 0 Å². The van der Waals surface area contributed by atoms with Gasteiger partial charge in [0.05, 0.1) is 17.6 Å². The molecule has 20 heavy (non-hydrogen) atoms. The van der Waals surface area contributed by atoms with Crippen LogP contribution in [0.3, 0.4) is 0 Å². The van der Waals surface area contributed by atoms with Gasteiger partial charge in [-0.3, -0.25) is 4.98 Å². The van der Waals surface area contributed by atoms with Crippen LogP contribution in [0.1, 0.15) is 23.1 Å². The number of aliphatic hydroxyl groups excluding tert-OH is 1. The normalized spacial score (nSPS) is 12.3. The lowest BCUT2D eigenvalue weighted by atomic mass is 10.1. The van der Waals surface area contributed by atoms with E-state index < -0.39 is 6.10 Å². The molecular weight excluding hydrogens is 252 g/mol. The Morgan fingerprint density at radius 2 is 1.85 bits per heavy atom. The van der Waals surface area contributed by atoms with E-state index >= 15 is 0 Å². The SMILES string of the molecule is Cc1ccc(C(O)c2cnnn2-c2ccccc2)cn1. The summed E-state index contributed by atoms with van der Waals surface area (Å²) in [5.74, 6) is 0. The first-order chi connectivity index (χ1) is 9.75. The Morgan fingerprint density at radius 1 is 1.05 bits per heavy atom. The second kappa shape index (κ2) is 5.22. The second-order valence-electron chi connectivity index (χ2n) is 4.54. The van der Waals surface area contributed by atoms with Gasteiger partial charge in [-0.25, -0.2) is 4.68 Å². The Bertz CT molecular complexity index is 691. The number of hydrogen-bond acceptors (Lipinski definition) is 4. The quantitative estimate of drug-likeness (QED) is 0.788. The maximum Gasteiger partial charge on any atom is 0.124 e. The van der Waals surface area contributed by atoms with Crippen LogP contribution in [0, 0.1) is 6.92 Å². The molecule has 3 aromatic rings. The molecule has 0 spiro atoms. The molecule has 0 aliphatic rings. The van der Waals surface area contributed by atoms with E-state index in [1.54, 1.807) is 17.1 Å². The van der Waals surface area contributed by atoms with E-state index in [1.165, 1.54) is 0 Å². The number of pyridine rings is 1. The van der Waals surface area contributed by atoms with E-state index in [4.69, 9.17) is 0 Å². The van der Waals surface area contributed by atoms with Crippen molar-refractivity contribution in [3.05, 3.63) is 71.8 Å². The van der Waals surface area contributed by atoms with Crippen LogP contribution >= 0.6 is 0 Å². The largest absolute Gasteiger partial charge is 0.382 e. The fourth-order valence-corrected chi connectivity index (χ4v) is 2.01. The van der Waals surface area contributed by atoms with Crippen molar-refractivity contribution >= 4 is 0 Å². The molecule has 0 aliphatic heterocycles. The van der Waals surface area contributed by atoms with Gasteiger partial charge in [0.25, 0.3) is 0 Å². The van der Waals surface area contributed by atoms with Crippen LogP contribution in [0.4, 0.5) is 0 Å².